The molecule has 2 aliphatic heterocycles. The van der Waals surface area contributed by atoms with E-state index in [0.29, 0.717) is 54.5 Å². The zero-order chi connectivity index (χ0) is 46.6. The molecular formula is C47H57BCl3N5O6. The highest BCUT2D eigenvalue weighted by Gasteiger charge is 2.48. The van der Waals surface area contributed by atoms with Crippen molar-refractivity contribution in [1.29, 1.82) is 15.8 Å². The number of hydrogen-bond acceptors (Lipinski definition) is 9. The number of likely N-dealkylation sites (tertiary alicyclic amines) is 2. The highest BCUT2D eigenvalue weighted by atomic mass is 35.5. The molecule has 2 amide bonds. The fourth-order valence-electron chi connectivity index (χ4n) is 6.87. The van der Waals surface area contributed by atoms with Crippen molar-refractivity contribution >= 4 is 59.6 Å². The van der Waals surface area contributed by atoms with Crippen molar-refractivity contribution in [3.63, 3.8) is 0 Å². The molecule has 62 heavy (non-hydrogen) atoms. The number of aryl methyl sites for hydroxylation is 3. The van der Waals surface area contributed by atoms with E-state index in [9.17, 15) is 9.59 Å². The number of rotatable bonds is 5. The van der Waals surface area contributed by atoms with Crippen LogP contribution in [-0.4, -0.2) is 76.5 Å². The molecule has 3 fully saturated rings. The first-order chi connectivity index (χ1) is 28.9. The van der Waals surface area contributed by atoms with E-state index in [1.54, 1.807) is 28.0 Å². The molecule has 15 heteroatoms. The average Bonchev–Trinajstić information content (AvgIpc) is 3.12. The van der Waals surface area contributed by atoms with Crippen LogP contribution < -0.4 is 5.46 Å². The third-order valence-electron chi connectivity index (χ3n) is 10.5. The van der Waals surface area contributed by atoms with Crippen molar-refractivity contribution in [3.05, 3.63) is 109 Å². The molecule has 1 aliphatic carbocycles. The van der Waals surface area contributed by atoms with Crippen molar-refractivity contribution in [2.24, 2.45) is 0 Å². The van der Waals surface area contributed by atoms with E-state index in [-0.39, 0.29) is 23.0 Å². The average molecular weight is 905 g/mol. The van der Waals surface area contributed by atoms with E-state index < -0.39 is 18.3 Å². The summed E-state index contributed by atoms with van der Waals surface area (Å²) in [6.45, 7) is 18.8. The Hall–Kier alpha value is -4.74. The molecule has 0 bridgehead atoms. The van der Waals surface area contributed by atoms with Crippen LogP contribution in [0.15, 0.2) is 66.2 Å². The number of benzene rings is 3. The number of halogens is 3. The molecule has 0 atom stereocenters. The number of nitrogens with zero attached hydrogens (tertiary/aromatic N) is 5. The fraction of sp³-hybridized carbons (Fsp3) is 0.468. The van der Waals surface area contributed by atoms with Gasteiger partial charge >= 0.3 is 19.3 Å². The second-order valence-corrected chi connectivity index (χ2v) is 19.2. The maximum absolute atomic E-state index is 12.1. The van der Waals surface area contributed by atoms with Crippen LogP contribution in [0.5, 0.6) is 0 Å². The van der Waals surface area contributed by atoms with Gasteiger partial charge in [-0.05, 0) is 132 Å². The number of ether oxygens (including phenoxy) is 2. The minimum absolute atomic E-state index is 0.129. The summed E-state index contributed by atoms with van der Waals surface area (Å²) in [7, 11) is -1.41. The Morgan fingerprint density at radius 2 is 1.13 bits per heavy atom. The van der Waals surface area contributed by atoms with Gasteiger partial charge in [0.15, 0.2) is 0 Å². The molecule has 330 valence electrons. The largest absolute Gasteiger partial charge is 0.488 e. The Kier molecular flexibility index (Phi) is 18.4. The molecule has 3 aliphatic rings. The van der Waals surface area contributed by atoms with Gasteiger partial charge in [0, 0.05) is 71.0 Å². The summed E-state index contributed by atoms with van der Waals surface area (Å²) in [5.41, 5.74) is 5.55. The lowest BCUT2D eigenvalue weighted by molar-refractivity contribution is -0.00922. The first kappa shape index (κ1) is 51.6. The van der Waals surface area contributed by atoms with Crippen molar-refractivity contribution < 1.29 is 29.1 Å². The van der Waals surface area contributed by atoms with Gasteiger partial charge in [-0.2, -0.15) is 15.8 Å². The number of allylic oxidation sites excluding steroid dienone is 1. The highest BCUT2D eigenvalue weighted by Crippen LogP contribution is 2.47. The summed E-state index contributed by atoms with van der Waals surface area (Å²) in [6, 6.07) is 23.3. The summed E-state index contributed by atoms with van der Waals surface area (Å²) in [5, 5.41) is 46.0. The minimum Gasteiger partial charge on any atom is -0.444 e. The number of hydrogen-bond donors (Lipinski definition) is 2. The molecule has 0 unspecified atom stereocenters. The molecule has 3 aromatic carbocycles. The van der Waals surface area contributed by atoms with Crippen LogP contribution in [-0.2, 0) is 20.3 Å². The SMILES string of the molecule is CC(C)(C)OC(=O)N1CC(=CC#N)C1.Cc1cc(B(O)O)ccc1Cl.Cc1cc(C2(CC#N)CCC2)ccc1Cl.Cc1cc(C2(CC#N)CN(C(=O)OC(C)(C)C)C2)ccc1Cl. The fourth-order valence-corrected chi connectivity index (χ4v) is 7.22. The standard InChI is InChI=1S/C17H21ClN2O2.C13H14ClN.C10H14N2O2.C7H8BClO2/c1-12-9-13(5-6-14(12)18)17(7-8-19)10-20(11-17)15(21)22-16(2,3)4;1-10-9-11(3-4-12(10)14)13(7-8-15)5-2-6-13;1-10(2,3)14-9(13)12-6-8(7-12)4-5-11;1-5-4-6(8(10)11)2-3-7(5)9/h5-6,9H,7,10-11H2,1-4H3;3-4,9H,2,5-7H2,1H3;4H,6-7H2,1-3H3;2-4,10-11H,1H3. The quantitative estimate of drug-likeness (QED) is 0.187. The molecule has 1 saturated carbocycles. The van der Waals surface area contributed by atoms with Gasteiger partial charge in [0.25, 0.3) is 0 Å². The molecule has 2 heterocycles. The topological polar surface area (TPSA) is 171 Å². The second kappa shape index (κ2) is 22.1. The highest BCUT2D eigenvalue weighted by molar-refractivity contribution is 6.58. The summed E-state index contributed by atoms with van der Waals surface area (Å²) in [6.07, 6.45) is 5.36. The smallest absolute Gasteiger partial charge is 0.444 e. The number of amides is 2. The van der Waals surface area contributed by atoms with Crippen LogP contribution in [0.25, 0.3) is 0 Å². The van der Waals surface area contributed by atoms with Crippen LogP contribution in [0.1, 0.15) is 101 Å². The number of carbonyl (C=O) groups excluding carboxylic acids is 2. The van der Waals surface area contributed by atoms with Crippen LogP contribution in [0.4, 0.5) is 9.59 Å². The van der Waals surface area contributed by atoms with E-state index >= 15 is 0 Å². The number of nitriles is 3. The molecule has 11 nitrogen and oxygen atoms in total. The lowest BCUT2D eigenvalue weighted by Crippen LogP contribution is -2.61. The maximum atomic E-state index is 12.1. The first-order valence-corrected chi connectivity index (χ1v) is 21.4. The molecular weight excluding hydrogens is 848 g/mol. The Balaban J connectivity index is 0.000000228. The van der Waals surface area contributed by atoms with Crippen LogP contribution in [0, 0.1) is 54.8 Å². The predicted octanol–water partition coefficient (Wildman–Crippen LogP) is 10.0. The van der Waals surface area contributed by atoms with E-state index in [1.807, 2.05) is 92.6 Å². The number of carbonyl (C=O) groups is 2. The van der Waals surface area contributed by atoms with E-state index in [1.165, 1.54) is 18.1 Å². The third-order valence-corrected chi connectivity index (χ3v) is 11.8. The summed E-state index contributed by atoms with van der Waals surface area (Å²) in [4.78, 5) is 26.7. The first-order valence-electron chi connectivity index (χ1n) is 20.3. The zero-order valence-corrected chi connectivity index (χ0v) is 39.4. The lowest BCUT2D eigenvalue weighted by Gasteiger charge is -2.49. The Morgan fingerprint density at radius 1 is 0.710 bits per heavy atom. The van der Waals surface area contributed by atoms with E-state index in [4.69, 9.17) is 70.1 Å². The predicted molar refractivity (Wildman–Crippen MR) is 245 cm³/mol. The van der Waals surface area contributed by atoms with Crippen LogP contribution >= 0.6 is 34.8 Å². The van der Waals surface area contributed by atoms with Crippen molar-refractivity contribution in [1.82, 2.24) is 9.80 Å². The van der Waals surface area contributed by atoms with Gasteiger partial charge < -0.3 is 29.3 Å². The van der Waals surface area contributed by atoms with E-state index in [0.717, 1.165) is 45.7 Å². The normalized spacial score (nSPS) is 15.5. The van der Waals surface area contributed by atoms with Crippen molar-refractivity contribution in [3.8, 4) is 18.2 Å². The lowest BCUT2D eigenvalue weighted by atomic mass is 9.63. The van der Waals surface area contributed by atoms with Gasteiger partial charge in [0.1, 0.15) is 11.2 Å². The second-order valence-electron chi connectivity index (χ2n) is 18.0. The zero-order valence-electron chi connectivity index (χ0n) is 37.1. The van der Waals surface area contributed by atoms with Crippen LogP contribution in [0.2, 0.25) is 15.1 Å². The Bertz CT molecular complexity index is 2210. The molecule has 3 aromatic rings. The van der Waals surface area contributed by atoms with Crippen LogP contribution in [0.3, 0.4) is 0 Å². The van der Waals surface area contributed by atoms with Gasteiger partial charge in [-0.25, -0.2) is 9.59 Å². The minimum atomic E-state index is -1.41. The Labute approximate surface area is 382 Å². The summed E-state index contributed by atoms with van der Waals surface area (Å²) in [5.74, 6) is 0. The molecule has 6 rings (SSSR count). The molecule has 2 saturated heterocycles. The van der Waals surface area contributed by atoms with Crippen molar-refractivity contribution in [2.45, 2.75) is 116 Å². The van der Waals surface area contributed by atoms with Crippen molar-refractivity contribution in [2.75, 3.05) is 26.2 Å². The monoisotopic (exact) mass is 903 g/mol. The maximum Gasteiger partial charge on any atom is 0.488 e. The van der Waals surface area contributed by atoms with Gasteiger partial charge in [0.2, 0.25) is 0 Å². The Morgan fingerprint density at radius 3 is 1.50 bits per heavy atom. The molecule has 0 aromatic heterocycles. The molecule has 0 radical (unpaired) electrons. The molecule has 2 N–H and O–H groups in total. The summed E-state index contributed by atoms with van der Waals surface area (Å²) >= 11 is 17.8. The third kappa shape index (κ3) is 14.7. The molecule has 0 spiro atoms. The van der Waals surface area contributed by atoms with Gasteiger partial charge in [-0.3, -0.25) is 0 Å². The van der Waals surface area contributed by atoms with E-state index in [2.05, 4.69) is 24.3 Å². The van der Waals surface area contributed by atoms with Gasteiger partial charge in [-0.1, -0.05) is 77.6 Å². The van der Waals surface area contributed by atoms with Gasteiger partial charge in [-0.15, -0.1) is 0 Å². The summed E-state index contributed by atoms with van der Waals surface area (Å²) < 4.78 is 10.5. The van der Waals surface area contributed by atoms with Gasteiger partial charge in [0.05, 0.1) is 18.2 Å².